The third kappa shape index (κ3) is 9.85. The number of nitrogens with one attached hydrogen (secondary N) is 1. The number of Topliss-reactive ketones (excluding diaryl/α,β-unsaturated/α-hetero) is 1. The monoisotopic (exact) mass is 824 g/mol. The fourth-order valence-electron chi connectivity index (χ4n) is 7.52. The summed E-state index contributed by atoms with van der Waals surface area (Å²) in [6, 6.07) is 1.27. The van der Waals surface area contributed by atoms with Gasteiger partial charge in [0, 0.05) is 80.8 Å². The summed E-state index contributed by atoms with van der Waals surface area (Å²) < 4.78 is 29.7. The number of aromatic hydroxyl groups is 2. The van der Waals surface area contributed by atoms with Crippen LogP contribution in [0.25, 0.3) is 10.8 Å². The molecule has 0 aromatic heterocycles. The summed E-state index contributed by atoms with van der Waals surface area (Å²) in [6.07, 6.45) is 5.23. The van der Waals surface area contributed by atoms with Crippen LogP contribution in [0.2, 0.25) is 0 Å². The van der Waals surface area contributed by atoms with Crippen LogP contribution in [0.4, 0.5) is 5.69 Å². The van der Waals surface area contributed by atoms with Crippen molar-refractivity contribution in [2.75, 3.05) is 32.6 Å². The Balaban J connectivity index is 1.92. The maximum atomic E-state index is 14.5. The van der Waals surface area contributed by atoms with Crippen molar-refractivity contribution in [3.63, 3.8) is 0 Å². The Hall–Kier alpha value is -5.12. The van der Waals surface area contributed by atoms with Crippen LogP contribution in [0.5, 0.6) is 23.0 Å². The van der Waals surface area contributed by atoms with Gasteiger partial charge < -0.3 is 54.3 Å². The minimum Gasteiger partial charge on any atom is -0.507 e. The zero-order chi connectivity index (χ0) is 44.1. The Bertz CT molecular complexity index is 2010. The second kappa shape index (κ2) is 19.3. The number of esters is 1. The van der Waals surface area contributed by atoms with Crippen LogP contribution in [0.15, 0.2) is 42.2 Å². The number of aliphatic hydroxyl groups is 2. The number of benzene rings is 2. The number of likely N-dealkylation sites (N-methyl/N-ethyl adjacent to an activating group) is 1. The summed E-state index contributed by atoms with van der Waals surface area (Å²) in [5.74, 6) is -8.01. The number of methoxy groups -OCH3 is 1. The molecule has 2 amide bonds. The number of nitrogens with zero attached hydrogens (tertiary/aromatic N) is 1. The number of aliphatic hydroxyl groups excluding tert-OH is 2. The van der Waals surface area contributed by atoms with Crippen molar-refractivity contribution in [3.05, 3.63) is 53.3 Å². The van der Waals surface area contributed by atoms with Gasteiger partial charge in [-0.15, -0.1) is 0 Å². The molecule has 0 saturated heterocycles. The van der Waals surface area contributed by atoms with E-state index in [0.717, 1.165) is 12.8 Å². The van der Waals surface area contributed by atoms with E-state index in [-0.39, 0.29) is 50.6 Å². The summed E-state index contributed by atoms with van der Waals surface area (Å²) in [5, 5.41) is 48.4. The molecule has 2 aromatic carbocycles. The van der Waals surface area contributed by atoms with Crippen LogP contribution >= 0.6 is 0 Å². The van der Waals surface area contributed by atoms with Gasteiger partial charge in [0.05, 0.1) is 41.2 Å². The molecule has 15 heteroatoms. The number of amides is 2. The fraction of sp³-hybridized carbons (Fsp3) is 0.545. The number of fused-ring (bicyclic) bond motifs is 14. The maximum absolute atomic E-state index is 14.5. The van der Waals surface area contributed by atoms with E-state index in [1.807, 2.05) is 6.92 Å². The van der Waals surface area contributed by atoms with E-state index in [4.69, 9.17) is 23.7 Å². The molecule has 15 nitrogen and oxygen atoms in total. The molecule has 59 heavy (non-hydrogen) atoms. The molecule has 5 bridgehead atoms. The van der Waals surface area contributed by atoms with Gasteiger partial charge in [0.25, 0.3) is 17.6 Å². The number of carbonyl (C=O) groups excluding carboxylic acids is 4. The van der Waals surface area contributed by atoms with Crippen LogP contribution in [0.1, 0.15) is 84.2 Å². The molecule has 2 aromatic rings. The molecule has 9 atom stereocenters. The lowest BCUT2D eigenvalue weighted by Crippen LogP contribution is -2.46. The minimum absolute atomic E-state index is 0.0562. The number of rotatable bonds is 8. The van der Waals surface area contributed by atoms with E-state index in [1.165, 1.54) is 64.2 Å². The number of carbonyl (C=O) groups is 4. The molecule has 324 valence electrons. The highest BCUT2D eigenvalue weighted by Gasteiger charge is 2.49. The van der Waals surface area contributed by atoms with Crippen LogP contribution in [-0.4, -0.2) is 106 Å². The molecule has 5 N–H and O–H groups in total. The second-order valence-electron chi connectivity index (χ2n) is 15.9. The van der Waals surface area contributed by atoms with Gasteiger partial charge in [0.1, 0.15) is 23.4 Å². The number of phenols is 2. The first kappa shape index (κ1) is 46.6. The third-order valence-electron chi connectivity index (χ3n) is 11.4. The molecular formula is C44H60N2O13. The van der Waals surface area contributed by atoms with E-state index in [1.54, 1.807) is 46.9 Å². The SMILES string of the molecule is CCCCN(C)C(=O)COc1cc2c(O)c3c(O)c(C)c4c(c13)C(=O)C(C)(O/C=C\C(OC)C(C)C(OC(C)=O)C(C)C(O)C(C)C(O)C(C)/C=C\C=C(\C)C(=O)N2)O4. The number of ether oxygens (including phenoxy) is 5. The standard InChI is InChI=1S/C44H60N2O13/c1-12-13-18-46(10)32(48)21-56-31-20-29-39(52)34-33(31)35-41(27(7)38(34)51)59-44(9,42(35)53)57-19-17-30(55-11)24(4)40(58-28(8)47)26(6)37(50)25(5)36(49)22(2)15-14-16-23(3)43(54)45-29/h14-17,19-20,22,24-26,30,36-37,40,49-52H,12-13,18,21H2,1-11H3,(H,45,54)/b15-14-,19-17-,23-16-. The van der Waals surface area contributed by atoms with Crippen molar-refractivity contribution in [1.82, 2.24) is 4.90 Å². The number of ketones is 1. The first-order chi connectivity index (χ1) is 27.7. The van der Waals surface area contributed by atoms with E-state index in [2.05, 4.69) is 5.32 Å². The average molecular weight is 825 g/mol. The molecule has 0 aliphatic carbocycles. The number of phenolic OH excluding ortho intramolecular Hbond substituents is 2. The predicted molar refractivity (Wildman–Crippen MR) is 220 cm³/mol. The van der Waals surface area contributed by atoms with Crippen molar-refractivity contribution >= 4 is 40.0 Å². The number of anilines is 1. The molecule has 3 aliphatic heterocycles. The Labute approximate surface area is 345 Å². The number of hydrogen-bond acceptors (Lipinski definition) is 13. The molecule has 3 heterocycles. The zero-order valence-electron chi connectivity index (χ0n) is 35.8. The highest BCUT2D eigenvalue weighted by atomic mass is 16.7. The van der Waals surface area contributed by atoms with E-state index in [9.17, 15) is 39.6 Å². The lowest BCUT2D eigenvalue weighted by molar-refractivity contribution is -0.160. The summed E-state index contributed by atoms with van der Waals surface area (Å²) in [7, 11) is 3.07. The van der Waals surface area contributed by atoms with Crippen molar-refractivity contribution in [2.24, 2.45) is 23.7 Å². The summed E-state index contributed by atoms with van der Waals surface area (Å²) in [5.41, 5.74) is -0.00381. The fourth-order valence-corrected chi connectivity index (χ4v) is 7.52. The van der Waals surface area contributed by atoms with Crippen molar-refractivity contribution in [1.29, 1.82) is 0 Å². The summed E-state index contributed by atoms with van der Waals surface area (Å²) in [6.45, 7) is 14.6. The van der Waals surface area contributed by atoms with Gasteiger partial charge in [-0.2, -0.15) is 0 Å². The zero-order valence-corrected chi connectivity index (χ0v) is 35.8. The molecular weight excluding hydrogens is 764 g/mol. The smallest absolute Gasteiger partial charge is 0.312 e. The second-order valence-corrected chi connectivity index (χ2v) is 15.9. The molecule has 0 saturated carbocycles. The van der Waals surface area contributed by atoms with E-state index in [0.29, 0.717) is 6.54 Å². The van der Waals surface area contributed by atoms with Gasteiger partial charge >= 0.3 is 11.8 Å². The third-order valence-corrected chi connectivity index (χ3v) is 11.4. The number of unbranched alkanes of at least 4 members (excludes halogenated alkanes) is 1. The first-order valence-corrected chi connectivity index (χ1v) is 19.9. The number of hydrogen-bond donors (Lipinski definition) is 5. The Morgan fingerprint density at radius 1 is 0.983 bits per heavy atom. The van der Waals surface area contributed by atoms with Crippen molar-refractivity contribution in [2.45, 2.75) is 105 Å². The quantitative estimate of drug-likeness (QED) is 0.160. The van der Waals surface area contributed by atoms with Crippen LogP contribution in [-0.2, 0) is 28.6 Å². The van der Waals surface area contributed by atoms with Crippen LogP contribution < -0.4 is 14.8 Å². The lowest BCUT2D eigenvalue weighted by atomic mass is 9.78. The predicted octanol–water partition coefficient (Wildman–Crippen LogP) is 5.69. The molecule has 9 unspecified atom stereocenters. The molecule has 0 spiro atoms. The van der Waals surface area contributed by atoms with E-state index < -0.39 is 89.6 Å². The largest absolute Gasteiger partial charge is 0.507 e. The van der Waals surface area contributed by atoms with Crippen molar-refractivity contribution < 1.29 is 63.3 Å². The molecule has 3 aliphatic rings. The Morgan fingerprint density at radius 2 is 1.66 bits per heavy atom. The van der Waals surface area contributed by atoms with Gasteiger partial charge in [0.15, 0.2) is 12.4 Å². The first-order valence-electron chi connectivity index (χ1n) is 19.9. The Kier molecular flexibility index (Phi) is 15.2. The van der Waals surface area contributed by atoms with E-state index >= 15 is 0 Å². The highest BCUT2D eigenvalue weighted by Crippen LogP contribution is 2.54. The lowest BCUT2D eigenvalue weighted by Gasteiger charge is -2.38. The van der Waals surface area contributed by atoms with Gasteiger partial charge in [-0.1, -0.05) is 59.3 Å². The minimum atomic E-state index is -2.02. The summed E-state index contributed by atoms with van der Waals surface area (Å²) in [4.78, 5) is 55.0. The summed E-state index contributed by atoms with van der Waals surface area (Å²) >= 11 is 0. The molecule has 0 radical (unpaired) electrons. The van der Waals surface area contributed by atoms with Crippen LogP contribution in [0.3, 0.4) is 0 Å². The number of allylic oxidation sites excluding steroid dienone is 2. The topological polar surface area (TPSA) is 211 Å². The molecule has 0 fully saturated rings. The van der Waals surface area contributed by atoms with Gasteiger partial charge in [-0.3, -0.25) is 19.2 Å². The molecule has 5 rings (SSSR count). The van der Waals surface area contributed by atoms with Gasteiger partial charge in [0.2, 0.25) is 0 Å². The maximum Gasteiger partial charge on any atom is 0.312 e. The van der Waals surface area contributed by atoms with Gasteiger partial charge in [-0.05, 0) is 26.3 Å². The Morgan fingerprint density at radius 3 is 2.29 bits per heavy atom. The average Bonchev–Trinajstić information content (AvgIpc) is 3.46. The van der Waals surface area contributed by atoms with Crippen LogP contribution in [0, 0.1) is 30.6 Å². The van der Waals surface area contributed by atoms with Crippen molar-refractivity contribution in [3.8, 4) is 23.0 Å². The highest BCUT2D eigenvalue weighted by molar-refractivity contribution is 6.21. The normalized spacial score (nSPS) is 29.8. The van der Waals surface area contributed by atoms with Gasteiger partial charge in [-0.25, -0.2) is 0 Å².